The molecule has 1 fully saturated rings. The standard InChI is InChI=1S/C17H17ClFN3OS/c1-8-4-5-17(9(8)2)14-10(15(23)22(17)3)6-12(24-14)13-11(19)7-20-16(18)21-13/h6-9H,4-5H2,1-3H3. The van der Waals surface area contributed by atoms with E-state index in [4.69, 9.17) is 11.6 Å². The van der Waals surface area contributed by atoms with Crippen molar-refractivity contribution in [2.45, 2.75) is 32.2 Å². The molecule has 2 aromatic heterocycles. The minimum Gasteiger partial charge on any atom is -0.331 e. The molecule has 7 heteroatoms. The molecule has 0 bridgehead atoms. The summed E-state index contributed by atoms with van der Waals surface area (Å²) in [4.78, 5) is 24.0. The zero-order chi connectivity index (χ0) is 17.2. The van der Waals surface area contributed by atoms with E-state index in [1.807, 2.05) is 11.9 Å². The quantitative estimate of drug-likeness (QED) is 0.706. The van der Waals surface area contributed by atoms with Gasteiger partial charge in [0.15, 0.2) is 5.82 Å². The van der Waals surface area contributed by atoms with Crippen LogP contribution in [0.25, 0.3) is 10.6 Å². The maximum Gasteiger partial charge on any atom is 0.255 e. The number of thiophene rings is 1. The third kappa shape index (κ3) is 1.93. The van der Waals surface area contributed by atoms with E-state index in [1.165, 1.54) is 11.3 Å². The van der Waals surface area contributed by atoms with Crippen molar-refractivity contribution >= 4 is 28.8 Å². The summed E-state index contributed by atoms with van der Waals surface area (Å²) in [5.41, 5.74) is 0.563. The van der Waals surface area contributed by atoms with Gasteiger partial charge in [-0.3, -0.25) is 4.79 Å². The van der Waals surface area contributed by atoms with Crippen LogP contribution < -0.4 is 0 Å². The van der Waals surface area contributed by atoms with Crippen LogP contribution in [0, 0.1) is 17.7 Å². The Bertz CT molecular complexity index is 854. The summed E-state index contributed by atoms with van der Waals surface area (Å²) in [5, 5.41) is 0.000902. The molecule has 0 radical (unpaired) electrons. The Labute approximate surface area is 148 Å². The zero-order valence-electron chi connectivity index (χ0n) is 13.6. The average Bonchev–Trinajstić information content (AvgIpc) is 3.17. The van der Waals surface area contributed by atoms with Crippen LogP contribution in [0.15, 0.2) is 12.3 Å². The highest BCUT2D eigenvalue weighted by Crippen LogP contribution is 2.57. The van der Waals surface area contributed by atoms with Gasteiger partial charge in [-0.1, -0.05) is 13.8 Å². The minimum atomic E-state index is -0.526. The lowest BCUT2D eigenvalue weighted by Crippen LogP contribution is -2.43. The van der Waals surface area contributed by atoms with Gasteiger partial charge in [0.1, 0.15) is 5.69 Å². The molecule has 4 nitrogen and oxygen atoms in total. The number of fused-ring (bicyclic) bond motifs is 2. The first-order chi connectivity index (χ1) is 11.4. The molecule has 0 aromatic carbocycles. The van der Waals surface area contributed by atoms with Gasteiger partial charge in [0.05, 0.1) is 22.2 Å². The molecule has 3 atom stereocenters. The molecular weight excluding hydrogens is 349 g/mol. The Morgan fingerprint density at radius 3 is 2.88 bits per heavy atom. The van der Waals surface area contributed by atoms with Gasteiger partial charge >= 0.3 is 0 Å². The summed E-state index contributed by atoms with van der Waals surface area (Å²) in [6.07, 6.45) is 3.09. The summed E-state index contributed by atoms with van der Waals surface area (Å²) in [7, 11) is 1.88. The van der Waals surface area contributed by atoms with Crippen molar-refractivity contribution < 1.29 is 9.18 Å². The molecule has 2 aromatic rings. The predicted octanol–water partition coefficient (Wildman–Crippen LogP) is 4.34. The lowest BCUT2D eigenvalue weighted by atomic mass is 9.84. The summed E-state index contributed by atoms with van der Waals surface area (Å²) in [6.45, 7) is 4.44. The van der Waals surface area contributed by atoms with Crippen LogP contribution in [0.3, 0.4) is 0 Å². The molecule has 2 aliphatic rings. The number of aromatic nitrogens is 2. The van der Waals surface area contributed by atoms with E-state index < -0.39 is 5.82 Å². The van der Waals surface area contributed by atoms with Crippen LogP contribution in [-0.4, -0.2) is 27.8 Å². The fraction of sp³-hybridized carbons (Fsp3) is 0.471. The molecule has 126 valence electrons. The van der Waals surface area contributed by atoms with Gasteiger partial charge < -0.3 is 4.90 Å². The number of halogens is 2. The van der Waals surface area contributed by atoms with E-state index in [-0.39, 0.29) is 22.4 Å². The van der Waals surface area contributed by atoms with Gasteiger partial charge in [-0.15, -0.1) is 11.3 Å². The number of carbonyl (C=O) groups is 1. The summed E-state index contributed by atoms with van der Waals surface area (Å²) >= 11 is 7.27. The number of hydrogen-bond acceptors (Lipinski definition) is 4. The van der Waals surface area contributed by atoms with Gasteiger partial charge in [-0.05, 0) is 42.3 Å². The molecule has 1 aliphatic heterocycles. The van der Waals surface area contributed by atoms with Gasteiger partial charge in [-0.2, -0.15) is 0 Å². The third-order valence-electron chi connectivity index (χ3n) is 5.79. The SMILES string of the molecule is CC1CCC2(c3sc(-c4nc(Cl)ncc4F)cc3C(=O)N2C)C1C. The lowest BCUT2D eigenvalue weighted by Gasteiger charge is -2.37. The zero-order valence-corrected chi connectivity index (χ0v) is 15.2. The first-order valence-corrected chi connectivity index (χ1v) is 9.16. The van der Waals surface area contributed by atoms with E-state index >= 15 is 0 Å². The number of nitrogens with zero attached hydrogens (tertiary/aromatic N) is 3. The molecule has 1 saturated carbocycles. The number of hydrogen-bond donors (Lipinski definition) is 0. The summed E-state index contributed by atoms with van der Waals surface area (Å²) in [6, 6.07) is 1.75. The van der Waals surface area contributed by atoms with Crippen molar-refractivity contribution in [2.24, 2.45) is 11.8 Å². The van der Waals surface area contributed by atoms with Crippen LogP contribution in [0.2, 0.25) is 5.28 Å². The first-order valence-electron chi connectivity index (χ1n) is 7.97. The Kier molecular flexibility index (Phi) is 3.48. The van der Waals surface area contributed by atoms with Crippen LogP contribution in [0.4, 0.5) is 4.39 Å². The maximum atomic E-state index is 14.1. The Balaban J connectivity index is 1.89. The van der Waals surface area contributed by atoms with E-state index in [0.717, 1.165) is 23.9 Å². The van der Waals surface area contributed by atoms with Crippen molar-refractivity contribution in [3.8, 4) is 10.6 Å². The van der Waals surface area contributed by atoms with Crippen molar-refractivity contribution in [1.29, 1.82) is 0 Å². The van der Waals surface area contributed by atoms with Crippen molar-refractivity contribution in [3.63, 3.8) is 0 Å². The smallest absolute Gasteiger partial charge is 0.255 e. The van der Waals surface area contributed by atoms with Crippen LogP contribution in [-0.2, 0) is 5.54 Å². The fourth-order valence-electron chi connectivity index (χ4n) is 4.21. The molecule has 0 N–H and O–H groups in total. The normalized spacial score (nSPS) is 28.9. The minimum absolute atomic E-state index is 0.000902. The highest BCUT2D eigenvalue weighted by atomic mass is 35.5. The van der Waals surface area contributed by atoms with E-state index in [1.54, 1.807) is 6.07 Å². The molecule has 4 rings (SSSR count). The summed E-state index contributed by atoms with van der Waals surface area (Å²) in [5.74, 6) is 0.385. The number of amides is 1. The van der Waals surface area contributed by atoms with Gasteiger partial charge in [0.2, 0.25) is 5.28 Å². The summed E-state index contributed by atoms with van der Waals surface area (Å²) < 4.78 is 14.1. The molecular formula is C17H17ClFN3OS. The Hall–Kier alpha value is -1.53. The van der Waals surface area contributed by atoms with Crippen molar-refractivity contribution in [1.82, 2.24) is 14.9 Å². The maximum absolute atomic E-state index is 14.1. The Morgan fingerprint density at radius 2 is 2.21 bits per heavy atom. The predicted molar refractivity (Wildman–Crippen MR) is 91.6 cm³/mol. The average molecular weight is 366 g/mol. The largest absolute Gasteiger partial charge is 0.331 e. The highest BCUT2D eigenvalue weighted by molar-refractivity contribution is 7.16. The van der Waals surface area contributed by atoms with E-state index in [0.29, 0.717) is 22.3 Å². The molecule has 1 spiro atoms. The van der Waals surface area contributed by atoms with Crippen molar-refractivity contribution in [3.05, 3.63) is 33.8 Å². The highest BCUT2D eigenvalue weighted by Gasteiger charge is 2.56. The molecule has 0 saturated heterocycles. The lowest BCUT2D eigenvalue weighted by molar-refractivity contribution is 0.0531. The van der Waals surface area contributed by atoms with Gasteiger partial charge in [0, 0.05) is 11.9 Å². The van der Waals surface area contributed by atoms with Crippen LogP contribution >= 0.6 is 22.9 Å². The third-order valence-corrected chi connectivity index (χ3v) is 7.29. The Morgan fingerprint density at radius 1 is 1.46 bits per heavy atom. The van der Waals surface area contributed by atoms with Crippen molar-refractivity contribution in [2.75, 3.05) is 7.05 Å². The molecule has 1 amide bonds. The van der Waals surface area contributed by atoms with Crippen LogP contribution in [0.1, 0.15) is 41.9 Å². The molecule has 3 unspecified atom stereocenters. The molecule has 3 heterocycles. The van der Waals surface area contributed by atoms with Gasteiger partial charge in [0.25, 0.3) is 5.91 Å². The fourth-order valence-corrected chi connectivity index (χ4v) is 5.84. The van der Waals surface area contributed by atoms with Gasteiger partial charge in [-0.25, -0.2) is 14.4 Å². The molecule has 1 aliphatic carbocycles. The number of carbonyl (C=O) groups excluding carboxylic acids is 1. The van der Waals surface area contributed by atoms with E-state index in [2.05, 4.69) is 23.8 Å². The second-order valence-electron chi connectivity index (χ2n) is 6.78. The van der Waals surface area contributed by atoms with Crippen LogP contribution in [0.5, 0.6) is 0 Å². The van der Waals surface area contributed by atoms with E-state index in [9.17, 15) is 9.18 Å². The number of rotatable bonds is 1. The topological polar surface area (TPSA) is 46.1 Å². The monoisotopic (exact) mass is 365 g/mol. The second kappa shape index (κ2) is 5.23. The molecule has 24 heavy (non-hydrogen) atoms. The second-order valence-corrected chi connectivity index (χ2v) is 8.17. The first kappa shape index (κ1) is 16.0.